The van der Waals surface area contributed by atoms with E-state index in [0.717, 1.165) is 5.56 Å². The van der Waals surface area contributed by atoms with Crippen LogP contribution in [0.25, 0.3) is 0 Å². The average molecular weight is 380 g/mol. The molecule has 3 atom stereocenters. The van der Waals surface area contributed by atoms with E-state index in [9.17, 15) is 13.2 Å². The first kappa shape index (κ1) is 17.8. The van der Waals surface area contributed by atoms with Gasteiger partial charge in [-0.05, 0) is 25.5 Å². The van der Waals surface area contributed by atoms with E-state index in [1.165, 1.54) is 4.31 Å². The van der Waals surface area contributed by atoms with Crippen molar-refractivity contribution in [1.82, 2.24) is 9.21 Å². The summed E-state index contributed by atoms with van der Waals surface area (Å²) in [5.41, 5.74) is 0.332. The Morgan fingerprint density at radius 3 is 2.73 bits per heavy atom. The number of sulfonamides is 1. The summed E-state index contributed by atoms with van der Waals surface area (Å²) in [6, 6.07) is 7.54. The topological polar surface area (TPSA) is 76.2 Å². The number of ether oxygens (including phenoxy) is 2. The molecule has 0 aliphatic carbocycles. The van der Waals surface area contributed by atoms with Gasteiger partial charge in [0.25, 0.3) is 5.91 Å². The van der Waals surface area contributed by atoms with E-state index in [0.29, 0.717) is 38.3 Å². The average Bonchev–Trinajstić information content (AvgIpc) is 2.99. The number of likely N-dealkylation sites (tertiary alicyclic amines) is 1. The summed E-state index contributed by atoms with van der Waals surface area (Å²) in [4.78, 5) is 14.3. The molecular weight excluding hydrogens is 356 g/mol. The van der Waals surface area contributed by atoms with Crippen molar-refractivity contribution < 1.29 is 22.7 Å². The molecule has 3 fully saturated rings. The highest BCUT2D eigenvalue weighted by Crippen LogP contribution is 2.46. The number of benzene rings is 1. The number of hydrogen-bond donors (Lipinski definition) is 0. The predicted molar refractivity (Wildman–Crippen MR) is 95.4 cm³/mol. The van der Waals surface area contributed by atoms with Gasteiger partial charge >= 0.3 is 0 Å². The number of hydrogen-bond acceptors (Lipinski definition) is 5. The number of rotatable bonds is 4. The van der Waals surface area contributed by atoms with Crippen LogP contribution in [-0.2, 0) is 19.6 Å². The van der Waals surface area contributed by atoms with Crippen LogP contribution in [0.5, 0.6) is 5.75 Å². The van der Waals surface area contributed by atoms with Crippen LogP contribution < -0.4 is 4.74 Å². The van der Waals surface area contributed by atoms with Crippen LogP contribution >= 0.6 is 0 Å². The van der Waals surface area contributed by atoms with E-state index in [1.54, 1.807) is 4.90 Å². The minimum Gasteiger partial charge on any atom is -0.484 e. The number of aryl methyl sites for hydroxylation is 1. The summed E-state index contributed by atoms with van der Waals surface area (Å²) >= 11 is 0. The Morgan fingerprint density at radius 1 is 1.31 bits per heavy atom. The zero-order valence-corrected chi connectivity index (χ0v) is 15.9. The molecule has 26 heavy (non-hydrogen) atoms. The van der Waals surface area contributed by atoms with Gasteiger partial charge in [-0.3, -0.25) is 4.79 Å². The van der Waals surface area contributed by atoms with Gasteiger partial charge < -0.3 is 14.4 Å². The van der Waals surface area contributed by atoms with E-state index < -0.39 is 20.9 Å². The quantitative estimate of drug-likeness (QED) is 0.772. The second-order valence-electron chi connectivity index (χ2n) is 7.38. The first-order chi connectivity index (χ1) is 12.3. The summed E-state index contributed by atoms with van der Waals surface area (Å²) < 4.78 is 38.5. The van der Waals surface area contributed by atoms with Crippen molar-refractivity contribution in [1.29, 1.82) is 0 Å². The van der Waals surface area contributed by atoms with Gasteiger partial charge in [-0.25, -0.2) is 8.42 Å². The zero-order valence-electron chi connectivity index (χ0n) is 15.1. The van der Waals surface area contributed by atoms with Crippen molar-refractivity contribution in [2.45, 2.75) is 37.2 Å². The SMILES string of the molecule is CCN1C[C@]23CN(C(=O)COc4ccc(C)cc4)C[C@H](C[C@H]2S1(=O)=O)O3. The fraction of sp³-hybridized carbons (Fsp3) is 0.611. The van der Waals surface area contributed by atoms with Crippen molar-refractivity contribution in [2.24, 2.45) is 0 Å². The van der Waals surface area contributed by atoms with Crippen molar-refractivity contribution in [3.8, 4) is 5.75 Å². The van der Waals surface area contributed by atoms with Crippen LogP contribution in [-0.4, -0.2) is 73.3 Å². The van der Waals surface area contributed by atoms with E-state index in [2.05, 4.69) is 0 Å². The normalized spacial score (nSPS) is 32.5. The van der Waals surface area contributed by atoms with Gasteiger partial charge in [0.15, 0.2) is 6.61 Å². The molecule has 1 aromatic carbocycles. The summed E-state index contributed by atoms with van der Waals surface area (Å²) in [5, 5.41) is -0.546. The van der Waals surface area contributed by atoms with Crippen LogP contribution in [0.3, 0.4) is 0 Å². The molecule has 3 heterocycles. The number of nitrogens with zero attached hydrogens (tertiary/aromatic N) is 2. The minimum atomic E-state index is -3.35. The molecule has 142 valence electrons. The van der Waals surface area contributed by atoms with E-state index in [-0.39, 0.29) is 18.6 Å². The van der Waals surface area contributed by atoms with Crippen LogP contribution in [0.15, 0.2) is 24.3 Å². The van der Waals surface area contributed by atoms with Crippen molar-refractivity contribution >= 4 is 15.9 Å². The molecule has 0 unspecified atom stereocenters. The molecule has 3 aliphatic rings. The Hall–Kier alpha value is -1.64. The summed E-state index contributed by atoms with van der Waals surface area (Å²) in [6.45, 7) is 5.25. The molecular formula is C18H24N2O5S. The Labute approximate surface area is 153 Å². The van der Waals surface area contributed by atoms with Crippen molar-refractivity contribution in [3.05, 3.63) is 29.8 Å². The molecule has 0 aromatic heterocycles. The highest BCUT2D eigenvalue weighted by molar-refractivity contribution is 7.90. The van der Waals surface area contributed by atoms with Crippen molar-refractivity contribution in [2.75, 3.05) is 32.8 Å². The smallest absolute Gasteiger partial charge is 0.260 e. The third-order valence-corrected chi connectivity index (χ3v) is 8.05. The van der Waals surface area contributed by atoms with E-state index in [4.69, 9.17) is 9.47 Å². The molecule has 0 radical (unpaired) electrons. The minimum absolute atomic E-state index is 0.0548. The highest BCUT2D eigenvalue weighted by Gasteiger charge is 2.65. The van der Waals surface area contributed by atoms with E-state index >= 15 is 0 Å². The first-order valence-corrected chi connectivity index (χ1v) is 10.5. The van der Waals surface area contributed by atoms with Gasteiger partial charge in [0.2, 0.25) is 10.0 Å². The lowest BCUT2D eigenvalue weighted by Crippen LogP contribution is -2.57. The van der Waals surface area contributed by atoms with Gasteiger partial charge in [-0.15, -0.1) is 0 Å². The van der Waals surface area contributed by atoms with Crippen LogP contribution in [0.4, 0.5) is 0 Å². The third-order valence-electron chi connectivity index (χ3n) is 5.60. The van der Waals surface area contributed by atoms with Crippen molar-refractivity contribution in [3.63, 3.8) is 0 Å². The van der Waals surface area contributed by atoms with E-state index in [1.807, 2.05) is 38.1 Å². The molecule has 4 rings (SSSR count). The number of fused-ring (bicyclic) bond motifs is 1. The third kappa shape index (κ3) is 2.80. The maximum absolute atomic E-state index is 12.7. The second kappa shape index (κ2) is 6.21. The zero-order chi connectivity index (χ0) is 18.5. The van der Waals surface area contributed by atoms with Gasteiger partial charge in [0.05, 0.1) is 12.6 Å². The summed E-state index contributed by atoms with van der Waals surface area (Å²) in [7, 11) is -3.35. The van der Waals surface area contributed by atoms with Crippen LogP contribution in [0.1, 0.15) is 18.9 Å². The predicted octanol–water partition coefficient (Wildman–Crippen LogP) is 0.778. The first-order valence-electron chi connectivity index (χ1n) is 8.98. The molecule has 1 aromatic rings. The number of carbonyl (C=O) groups excluding carboxylic acids is 1. The molecule has 1 amide bonds. The molecule has 3 aliphatic heterocycles. The number of morpholine rings is 1. The van der Waals surface area contributed by atoms with Gasteiger partial charge in [-0.1, -0.05) is 24.6 Å². The van der Waals surface area contributed by atoms with Gasteiger partial charge in [0.1, 0.15) is 16.6 Å². The van der Waals surface area contributed by atoms with Crippen LogP contribution in [0, 0.1) is 6.92 Å². The maximum Gasteiger partial charge on any atom is 0.260 e. The van der Waals surface area contributed by atoms with Gasteiger partial charge in [0, 0.05) is 19.6 Å². The Balaban J connectivity index is 1.45. The molecule has 0 N–H and O–H groups in total. The molecule has 2 bridgehead atoms. The second-order valence-corrected chi connectivity index (χ2v) is 9.49. The molecule has 3 saturated heterocycles. The lowest BCUT2D eigenvalue weighted by molar-refractivity contribution is -0.152. The molecule has 7 nitrogen and oxygen atoms in total. The largest absolute Gasteiger partial charge is 0.484 e. The lowest BCUT2D eigenvalue weighted by Gasteiger charge is -2.39. The molecule has 1 spiro atoms. The number of amides is 1. The monoisotopic (exact) mass is 380 g/mol. The number of likely N-dealkylation sites (N-methyl/N-ethyl adjacent to an activating group) is 1. The maximum atomic E-state index is 12.7. The fourth-order valence-electron chi connectivity index (χ4n) is 4.30. The Bertz CT molecular complexity index is 809. The Kier molecular flexibility index (Phi) is 4.24. The molecule has 8 heteroatoms. The Morgan fingerprint density at radius 2 is 2.04 bits per heavy atom. The molecule has 0 saturated carbocycles. The lowest BCUT2D eigenvalue weighted by atomic mass is 9.99. The summed E-state index contributed by atoms with van der Waals surface area (Å²) in [5.74, 6) is 0.517. The standard InChI is InChI=1S/C18H24N2O5S/c1-3-20-12-18-11-19(9-15(25-18)8-16(18)26(20,22)23)17(21)10-24-14-6-4-13(2)5-7-14/h4-7,15-16H,3,8-12H2,1-2H3/t15-,16+,18+/m0/s1. The summed E-state index contributed by atoms with van der Waals surface area (Å²) in [6.07, 6.45) is 0.243. The van der Waals surface area contributed by atoms with Crippen LogP contribution in [0.2, 0.25) is 0 Å². The van der Waals surface area contributed by atoms with Gasteiger partial charge in [-0.2, -0.15) is 4.31 Å². The number of carbonyl (C=O) groups is 1. The highest BCUT2D eigenvalue weighted by atomic mass is 32.2. The fourth-order valence-corrected chi connectivity index (χ4v) is 6.62.